The fourth-order valence-electron chi connectivity index (χ4n) is 3.10. The molecule has 0 atom stereocenters. The van der Waals surface area contributed by atoms with Gasteiger partial charge >= 0.3 is 17.8 Å². The van der Waals surface area contributed by atoms with Gasteiger partial charge in [-0.3, -0.25) is 19.2 Å². The summed E-state index contributed by atoms with van der Waals surface area (Å²) in [5.74, 6) is -2.61. The zero-order chi connectivity index (χ0) is 17.0. The second-order valence-electron chi connectivity index (χ2n) is 6.07. The average Bonchev–Trinajstić information content (AvgIpc) is 2.52. The van der Waals surface area contributed by atoms with Gasteiger partial charge in [-0.25, -0.2) is 0 Å². The number of amides is 3. The fraction of sp³-hybridized carbons (Fsp3) is 0.733. The van der Waals surface area contributed by atoms with Crippen LogP contribution in [0, 0.1) is 5.92 Å². The summed E-state index contributed by atoms with van der Waals surface area (Å²) < 4.78 is 0. The summed E-state index contributed by atoms with van der Waals surface area (Å²) in [6.07, 6.45) is 2.35. The van der Waals surface area contributed by atoms with Crippen LogP contribution in [0.1, 0.15) is 32.6 Å². The molecule has 0 unspecified atom stereocenters. The summed E-state index contributed by atoms with van der Waals surface area (Å²) in [5.41, 5.74) is 0. The second kappa shape index (κ2) is 7.43. The van der Waals surface area contributed by atoms with Crippen molar-refractivity contribution < 1.29 is 24.3 Å². The van der Waals surface area contributed by atoms with Gasteiger partial charge in [0.05, 0.1) is 5.92 Å². The van der Waals surface area contributed by atoms with Crippen LogP contribution >= 0.6 is 0 Å². The molecule has 8 heteroatoms. The maximum absolute atomic E-state index is 12.1. The Morgan fingerprint density at radius 3 is 2.22 bits per heavy atom. The molecule has 8 nitrogen and oxygen atoms in total. The van der Waals surface area contributed by atoms with Crippen LogP contribution in [0.4, 0.5) is 0 Å². The predicted molar refractivity (Wildman–Crippen MR) is 80.4 cm³/mol. The van der Waals surface area contributed by atoms with Crippen LogP contribution in [0.25, 0.3) is 0 Å². The average molecular weight is 325 g/mol. The Labute approximate surface area is 134 Å². The molecule has 1 saturated carbocycles. The molecule has 0 aromatic carbocycles. The van der Waals surface area contributed by atoms with E-state index in [-0.39, 0.29) is 24.4 Å². The van der Waals surface area contributed by atoms with Crippen molar-refractivity contribution in [2.45, 2.75) is 38.6 Å². The molecule has 128 valence electrons. The lowest BCUT2D eigenvalue weighted by Gasteiger charge is -2.33. The van der Waals surface area contributed by atoms with E-state index in [9.17, 15) is 19.2 Å². The first kappa shape index (κ1) is 17.2. The predicted octanol–water partition coefficient (Wildman–Crippen LogP) is -0.563. The van der Waals surface area contributed by atoms with Gasteiger partial charge in [0.25, 0.3) is 0 Å². The van der Waals surface area contributed by atoms with Gasteiger partial charge in [0, 0.05) is 25.7 Å². The van der Waals surface area contributed by atoms with Crippen molar-refractivity contribution in [3.8, 4) is 0 Å². The molecular formula is C15H23N3O5. The Kier molecular flexibility index (Phi) is 5.57. The Balaban J connectivity index is 1.78. The number of hydrogen-bond acceptors (Lipinski definition) is 4. The fourth-order valence-corrected chi connectivity index (χ4v) is 3.10. The monoisotopic (exact) mass is 325 g/mol. The number of nitrogens with one attached hydrogen (secondary N) is 1. The number of carbonyl (C=O) groups excluding carboxylic acids is 3. The standard InChI is InChI=1S/C15H23N3O5/c1-2-17-7-8-18(14(21)13(17)20)9-12(19)16-11-5-3-10(4-6-11)15(22)23/h10-11H,2-9H2,1H3,(H,16,19)(H,22,23). The SMILES string of the molecule is CCN1CCN(CC(=O)NC2CCC(C(=O)O)CC2)C(=O)C1=O. The van der Waals surface area contributed by atoms with Crippen LogP contribution in [0.3, 0.4) is 0 Å². The van der Waals surface area contributed by atoms with E-state index in [2.05, 4.69) is 5.32 Å². The van der Waals surface area contributed by atoms with Crippen LogP contribution in [0.2, 0.25) is 0 Å². The van der Waals surface area contributed by atoms with Crippen LogP contribution in [0.5, 0.6) is 0 Å². The summed E-state index contributed by atoms with van der Waals surface area (Å²) in [5, 5.41) is 11.8. The molecule has 2 rings (SSSR count). The summed E-state index contributed by atoms with van der Waals surface area (Å²) in [7, 11) is 0. The first-order chi connectivity index (χ1) is 10.9. The highest BCUT2D eigenvalue weighted by molar-refractivity contribution is 6.35. The number of carboxylic acid groups (broad SMARTS) is 1. The zero-order valence-corrected chi connectivity index (χ0v) is 13.3. The molecule has 1 aliphatic carbocycles. The van der Waals surface area contributed by atoms with Gasteiger partial charge in [0.15, 0.2) is 0 Å². The van der Waals surface area contributed by atoms with Gasteiger partial charge in [-0.1, -0.05) is 0 Å². The lowest BCUT2D eigenvalue weighted by Crippen LogP contribution is -2.56. The van der Waals surface area contributed by atoms with Crippen LogP contribution in [-0.4, -0.2) is 70.8 Å². The summed E-state index contributed by atoms with van der Waals surface area (Å²) in [4.78, 5) is 49.4. The number of piperazine rings is 1. The summed E-state index contributed by atoms with van der Waals surface area (Å²) >= 11 is 0. The molecule has 1 heterocycles. The number of rotatable bonds is 5. The topological polar surface area (TPSA) is 107 Å². The lowest BCUT2D eigenvalue weighted by molar-refractivity contribution is -0.156. The van der Waals surface area contributed by atoms with E-state index in [1.54, 1.807) is 6.92 Å². The molecule has 0 spiro atoms. The number of likely N-dealkylation sites (N-methyl/N-ethyl adjacent to an activating group) is 1. The molecule has 23 heavy (non-hydrogen) atoms. The third-order valence-electron chi connectivity index (χ3n) is 4.55. The Morgan fingerprint density at radius 1 is 1.09 bits per heavy atom. The van der Waals surface area contributed by atoms with Gasteiger partial charge in [-0.2, -0.15) is 0 Å². The van der Waals surface area contributed by atoms with E-state index in [4.69, 9.17) is 5.11 Å². The van der Waals surface area contributed by atoms with E-state index in [1.807, 2.05) is 0 Å². The first-order valence-corrected chi connectivity index (χ1v) is 8.02. The third-order valence-corrected chi connectivity index (χ3v) is 4.55. The molecule has 0 aromatic heterocycles. The molecule has 0 aromatic rings. The van der Waals surface area contributed by atoms with E-state index >= 15 is 0 Å². The normalized spacial score (nSPS) is 25.4. The van der Waals surface area contributed by atoms with Crippen molar-refractivity contribution in [2.75, 3.05) is 26.2 Å². The Hall–Kier alpha value is -2.12. The van der Waals surface area contributed by atoms with Crippen LogP contribution in [0.15, 0.2) is 0 Å². The van der Waals surface area contributed by atoms with E-state index in [0.29, 0.717) is 45.3 Å². The maximum Gasteiger partial charge on any atom is 0.312 e. The smallest absolute Gasteiger partial charge is 0.312 e. The molecule has 0 radical (unpaired) electrons. The minimum absolute atomic E-state index is 0.0548. The molecule has 1 saturated heterocycles. The third kappa shape index (κ3) is 4.20. The second-order valence-corrected chi connectivity index (χ2v) is 6.07. The van der Waals surface area contributed by atoms with Crippen LogP contribution in [-0.2, 0) is 19.2 Å². The van der Waals surface area contributed by atoms with Crippen molar-refractivity contribution in [1.29, 1.82) is 0 Å². The number of carboxylic acids is 1. The van der Waals surface area contributed by atoms with Crippen LogP contribution < -0.4 is 5.32 Å². The molecule has 2 fully saturated rings. The van der Waals surface area contributed by atoms with E-state index in [1.165, 1.54) is 9.80 Å². The number of carbonyl (C=O) groups is 4. The summed E-state index contributed by atoms with van der Waals surface area (Å²) in [6.45, 7) is 2.97. The molecule has 2 N–H and O–H groups in total. The quantitative estimate of drug-likeness (QED) is 0.659. The van der Waals surface area contributed by atoms with Crippen molar-refractivity contribution >= 4 is 23.7 Å². The van der Waals surface area contributed by atoms with Gasteiger partial charge < -0.3 is 20.2 Å². The van der Waals surface area contributed by atoms with Gasteiger partial charge in [0.2, 0.25) is 5.91 Å². The zero-order valence-electron chi connectivity index (χ0n) is 13.3. The van der Waals surface area contributed by atoms with Gasteiger partial charge in [-0.15, -0.1) is 0 Å². The van der Waals surface area contributed by atoms with E-state index < -0.39 is 17.8 Å². The van der Waals surface area contributed by atoms with Crippen molar-refractivity contribution in [2.24, 2.45) is 5.92 Å². The molecule has 1 aliphatic heterocycles. The summed E-state index contributed by atoms with van der Waals surface area (Å²) in [6, 6.07) is -0.0548. The number of nitrogens with zero attached hydrogens (tertiary/aromatic N) is 2. The van der Waals surface area contributed by atoms with Crippen molar-refractivity contribution in [3.63, 3.8) is 0 Å². The minimum atomic E-state index is -0.785. The Morgan fingerprint density at radius 2 is 1.65 bits per heavy atom. The Bertz CT molecular complexity index is 499. The molecule has 3 amide bonds. The molecule has 2 aliphatic rings. The highest BCUT2D eigenvalue weighted by atomic mass is 16.4. The van der Waals surface area contributed by atoms with E-state index in [0.717, 1.165) is 0 Å². The maximum atomic E-state index is 12.1. The highest BCUT2D eigenvalue weighted by Gasteiger charge is 2.33. The largest absolute Gasteiger partial charge is 0.481 e. The highest BCUT2D eigenvalue weighted by Crippen LogP contribution is 2.24. The molecular weight excluding hydrogens is 302 g/mol. The lowest BCUT2D eigenvalue weighted by atomic mass is 9.86. The molecule has 0 bridgehead atoms. The minimum Gasteiger partial charge on any atom is -0.481 e. The number of aliphatic carboxylic acids is 1. The van der Waals surface area contributed by atoms with Gasteiger partial charge in [0.1, 0.15) is 6.54 Å². The number of hydrogen-bond donors (Lipinski definition) is 2. The van der Waals surface area contributed by atoms with Gasteiger partial charge in [-0.05, 0) is 32.6 Å². The van der Waals surface area contributed by atoms with Crippen molar-refractivity contribution in [3.05, 3.63) is 0 Å². The van der Waals surface area contributed by atoms with Crippen molar-refractivity contribution in [1.82, 2.24) is 15.1 Å². The first-order valence-electron chi connectivity index (χ1n) is 8.02.